The molecule has 3 aromatic rings. The molecule has 5 nitrogen and oxygen atoms in total. The molecule has 21 heavy (non-hydrogen) atoms. The quantitative estimate of drug-likeness (QED) is 0.783. The van der Waals surface area contributed by atoms with E-state index in [9.17, 15) is 9.59 Å². The fourth-order valence-corrected chi connectivity index (χ4v) is 2.12. The minimum Gasteiger partial charge on any atom is -0.451 e. The standard InChI is InChI=1S/C16H12N2O3/c1-10-4-2-6-13-15(10)12(19)8-14(21-13)16(20)18-11-5-3-7-17-9-11/h2-9H,1H3,(H,18,20). The van der Waals surface area contributed by atoms with Gasteiger partial charge >= 0.3 is 0 Å². The Kier molecular flexibility index (Phi) is 3.23. The number of carbonyl (C=O) groups excluding carboxylic acids is 1. The molecule has 104 valence electrons. The topological polar surface area (TPSA) is 72.2 Å². The number of hydrogen-bond acceptors (Lipinski definition) is 4. The van der Waals surface area contributed by atoms with Crippen molar-refractivity contribution >= 4 is 22.6 Å². The maximum Gasteiger partial charge on any atom is 0.291 e. The Bertz CT molecular complexity index is 870. The van der Waals surface area contributed by atoms with Crippen molar-refractivity contribution in [2.24, 2.45) is 0 Å². The summed E-state index contributed by atoms with van der Waals surface area (Å²) in [4.78, 5) is 28.2. The van der Waals surface area contributed by atoms with Gasteiger partial charge in [0.1, 0.15) is 5.58 Å². The molecule has 0 aliphatic heterocycles. The Labute approximate surface area is 120 Å². The minimum atomic E-state index is -0.483. The summed E-state index contributed by atoms with van der Waals surface area (Å²) in [6, 6.07) is 9.90. The van der Waals surface area contributed by atoms with E-state index in [1.54, 1.807) is 30.5 Å². The molecule has 2 heterocycles. The first-order valence-corrected chi connectivity index (χ1v) is 6.40. The molecular weight excluding hydrogens is 268 g/mol. The Hall–Kier alpha value is -2.95. The second-order valence-corrected chi connectivity index (χ2v) is 4.62. The fourth-order valence-electron chi connectivity index (χ4n) is 2.12. The van der Waals surface area contributed by atoms with Crippen molar-refractivity contribution in [2.75, 3.05) is 5.32 Å². The summed E-state index contributed by atoms with van der Waals surface area (Å²) in [6.07, 6.45) is 3.12. The van der Waals surface area contributed by atoms with Crippen molar-refractivity contribution in [1.29, 1.82) is 0 Å². The smallest absolute Gasteiger partial charge is 0.291 e. The SMILES string of the molecule is Cc1cccc2oc(C(=O)Nc3cccnc3)cc(=O)c12. The van der Waals surface area contributed by atoms with E-state index in [1.165, 1.54) is 12.3 Å². The number of benzene rings is 1. The van der Waals surface area contributed by atoms with E-state index < -0.39 is 5.91 Å². The van der Waals surface area contributed by atoms with E-state index in [-0.39, 0.29) is 11.2 Å². The normalized spacial score (nSPS) is 10.5. The molecule has 0 aliphatic carbocycles. The van der Waals surface area contributed by atoms with Crippen LogP contribution >= 0.6 is 0 Å². The lowest BCUT2D eigenvalue weighted by molar-refractivity contribution is 0.0997. The van der Waals surface area contributed by atoms with Gasteiger partial charge in [-0.3, -0.25) is 14.6 Å². The van der Waals surface area contributed by atoms with Gasteiger partial charge in [0.2, 0.25) is 0 Å². The lowest BCUT2D eigenvalue weighted by atomic mass is 10.1. The zero-order chi connectivity index (χ0) is 14.8. The molecule has 0 spiro atoms. The van der Waals surface area contributed by atoms with Gasteiger partial charge in [-0.2, -0.15) is 0 Å². The highest BCUT2D eigenvalue weighted by Crippen LogP contribution is 2.16. The summed E-state index contributed by atoms with van der Waals surface area (Å²) in [7, 11) is 0. The zero-order valence-electron chi connectivity index (χ0n) is 11.3. The van der Waals surface area contributed by atoms with Crippen molar-refractivity contribution in [3.05, 3.63) is 70.3 Å². The average Bonchev–Trinajstić information content (AvgIpc) is 2.48. The molecule has 0 fully saturated rings. The summed E-state index contributed by atoms with van der Waals surface area (Å²) in [5.41, 5.74) is 1.53. The van der Waals surface area contributed by atoms with E-state index in [0.717, 1.165) is 5.56 Å². The van der Waals surface area contributed by atoms with Crippen molar-refractivity contribution in [1.82, 2.24) is 4.98 Å². The number of aromatic nitrogens is 1. The zero-order valence-corrected chi connectivity index (χ0v) is 11.3. The summed E-state index contributed by atoms with van der Waals surface area (Å²) in [5, 5.41) is 3.13. The summed E-state index contributed by atoms with van der Waals surface area (Å²) >= 11 is 0. The lowest BCUT2D eigenvalue weighted by Crippen LogP contribution is -2.15. The van der Waals surface area contributed by atoms with Gasteiger partial charge in [0, 0.05) is 12.3 Å². The third-order valence-corrected chi connectivity index (χ3v) is 3.11. The Morgan fingerprint density at radius 1 is 1.24 bits per heavy atom. The molecule has 5 heteroatoms. The second-order valence-electron chi connectivity index (χ2n) is 4.62. The van der Waals surface area contributed by atoms with Gasteiger partial charge in [0.05, 0.1) is 17.3 Å². The molecule has 0 saturated carbocycles. The van der Waals surface area contributed by atoms with E-state index in [1.807, 2.05) is 13.0 Å². The highest BCUT2D eigenvalue weighted by molar-refractivity contribution is 6.02. The molecular formula is C16H12N2O3. The first kappa shape index (κ1) is 13.1. The Morgan fingerprint density at radius 3 is 2.86 bits per heavy atom. The third-order valence-electron chi connectivity index (χ3n) is 3.11. The van der Waals surface area contributed by atoms with Crippen LogP contribution < -0.4 is 10.7 Å². The largest absolute Gasteiger partial charge is 0.451 e. The van der Waals surface area contributed by atoms with Crippen LogP contribution in [0.25, 0.3) is 11.0 Å². The van der Waals surface area contributed by atoms with E-state index in [4.69, 9.17) is 4.42 Å². The number of carbonyl (C=O) groups is 1. The maximum absolute atomic E-state index is 12.1. The lowest BCUT2D eigenvalue weighted by Gasteiger charge is -2.05. The maximum atomic E-state index is 12.1. The van der Waals surface area contributed by atoms with Gasteiger partial charge in [0.25, 0.3) is 5.91 Å². The summed E-state index contributed by atoms with van der Waals surface area (Å²) < 4.78 is 5.52. The van der Waals surface area contributed by atoms with Gasteiger partial charge in [-0.1, -0.05) is 12.1 Å². The first-order valence-electron chi connectivity index (χ1n) is 6.40. The monoisotopic (exact) mass is 280 g/mol. The molecule has 2 aromatic heterocycles. The summed E-state index contributed by atoms with van der Waals surface area (Å²) in [5.74, 6) is -0.509. The molecule has 1 aromatic carbocycles. The highest BCUT2D eigenvalue weighted by atomic mass is 16.3. The highest BCUT2D eigenvalue weighted by Gasteiger charge is 2.13. The molecule has 0 bridgehead atoms. The number of rotatable bonds is 2. The molecule has 1 amide bonds. The van der Waals surface area contributed by atoms with Crippen molar-refractivity contribution in [3.8, 4) is 0 Å². The Morgan fingerprint density at radius 2 is 2.10 bits per heavy atom. The molecule has 0 unspecified atom stereocenters. The van der Waals surface area contributed by atoms with E-state index in [2.05, 4.69) is 10.3 Å². The Balaban J connectivity index is 2.02. The van der Waals surface area contributed by atoms with Crippen LogP contribution in [-0.2, 0) is 0 Å². The van der Waals surface area contributed by atoms with Crippen LogP contribution in [0.1, 0.15) is 16.1 Å². The molecule has 0 aliphatic rings. The molecule has 0 radical (unpaired) electrons. The van der Waals surface area contributed by atoms with E-state index in [0.29, 0.717) is 16.7 Å². The van der Waals surface area contributed by atoms with Gasteiger partial charge in [-0.15, -0.1) is 0 Å². The van der Waals surface area contributed by atoms with Crippen LogP contribution in [0, 0.1) is 6.92 Å². The molecule has 0 saturated heterocycles. The number of nitrogens with one attached hydrogen (secondary N) is 1. The van der Waals surface area contributed by atoms with Crippen LogP contribution in [0.3, 0.4) is 0 Å². The second kappa shape index (κ2) is 5.20. The van der Waals surface area contributed by atoms with Gasteiger partial charge < -0.3 is 9.73 Å². The molecule has 1 N–H and O–H groups in total. The third kappa shape index (κ3) is 2.53. The van der Waals surface area contributed by atoms with Crippen molar-refractivity contribution in [3.63, 3.8) is 0 Å². The van der Waals surface area contributed by atoms with Crippen LogP contribution in [0.4, 0.5) is 5.69 Å². The van der Waals surface area contributed by atoms with Crippen LogP contribution in [-0.4, -0.2) is 10.9 Å². The molecule has 3 rings (SSSR count). The van der Waals surface area contributed by atoms with Gasteiger partial charge in [-0.05, 0) is 30.7 Å². The first-order chi connectivity index (χ1) is 10.1. The predicted molar refractivity (Wildman–Crippen MR) is 79.4 cm³/mol. The van der Waals surface area contributed by atoms with E-state index >= 15 is 0 Å². The number of aryl methyl sites for hydroxylation is 1. The number of nitrogens with zero attached hydrogens (tertiary/aromatic N) is 1. The number of hydrogen-bond donors (Lipinski definition) is 1. The van der Waals surface area contributed by atoms with Crippen molar-refractivity contribution < 1.29 is 9.21 Å². The van der Waals surface area contributed by atoms with Crippen LogP contribution in [0.5, 0.6) is 0 Å². The van der Waals surface area contributed by atoms with Gasteiger partial charge in [0.15, 0.2) is 11.2 Å². The molecule has 0 atom stereocenters. The number of amides is 1. The number of pyridine rings is 1. The van der Waals surface area contributed by atoms with Crippen LogP contribution in [0.2, 0.25) is 0 Å². The number of anilines is 1. The predicted octanol–water partition coefficient (Wildman–Crippen LogP) is 2.75. The van der Waals surface area contributed by atoms with Crippen LogP contribution in [0.15, 0.2) is 58.0 Å². The number of fused-ring (bicyclic) bond motifs is 1. The average molecular weight is 280 g/mol. The van der Waals surface area contributed by atoms with Crippen molar-refractivity contribution in [2.45, 2.75) is 6.92 Å². The fraction of sp³-hybridized carbons (Fsp3) is 0.0625. The summed E-state index contributed by atoms with van der Waals surface area (Å²) in [6.45, 7) is 1.83. The van der Waals surface area contributed by atoms with Gasteiger partial charge in [-0.25, -0.2) is 0 Å². The minimum absolute atomic E-state index is 0.0260.